The largest absolute Gasteiger partial charge is 0.301 e. The van der Waals surface area contributed by atoms with Crippen LogP contribution in [0.4, 0.5) is 0 Å². The van der Waals surface area contributed by atoms with Gasteiger partial charge in [0.15, 0.2) is 0 Å². The summed E-state index contributed by atoms with van der Waals surface area (Å²) >= 11 is 0. The second-order valence-electron chi connectivity index (χ2n) is 5.52. The van der Waals surface area contributed by atoms with Crippen LogP contribution >= 0.6 is 0 Å². The monoisotopic (exact) mass is 306 g/mol. The highest BCUT2D eigenvalue weighted by Gasteiger charge is 2.14. The fourth-order valence-electron chi connectivity index (χ4n) is 2.30. The van der Waals surface area contributed by atoms with Crippen molar-refractivity contribution >= 4 is 10.2 Å². The molecule has 1 aliphatic heterocycles. The van der Waals surface area contributed by atoms with Gasteiger partial charge in [-0.3, -0.25) is 0 Å². The van der Waals surface area contributed by atoms with Crippen LogP contribution in [0.25, 0.3) is 0 Å². The number of piperazine rings is 1. The molecule has 1 N–H and O–H groups in total. The molecule has 0 aromatic heterocycles. The topological polar surface area (TPSA) is 55.9 Å². The molecule has 0 spiro atoms. The van der Waals surface area contributed by atoms with Gasteiger partial charge in [-0.15, -0.1) is 0 Å². The fraction of sp³-hybridized carbons (Fsp3) is 1.00. The maximum atomic E-state index is 11.5. The van der Waals surface area contributed by atoms with Crippen molar-refractivity contribution in [2.45, 2.75) is 26.2 Å². The molecule has 1 heterocycles. The van der Waals surface area contributed by atoms with Crippen LogP contribution in [0.5, 0.6) is 0 Å². The molecular formula is C13H30N4O2S. The molecule has 1 rings (SSSR count). The van der Waals surface area contributed by atoms with Crippen molar-refractivity contribution in [1.82, 2.24) is 18.8 Å². The smallest absolute Gasteiger partial charge is 0.278 e. The summed E-state index contributed by atoms with van der Waals surface area (Å²) in [6.45, 7) is 9.73. The van der Waals surface area contributed by atoms with E-state index >= 15 is 0 Å². The normalized spacial score (nSPS) is 18.8. The van der Waals surface area contributed by atoms with Crippen LogP contribution in [0.15, 0.2) is 0 Å². The van der Waals surface area contributed by atoms with Crippen molar-refractivity contribution in [2.75, 3.05) is 59.9 Å². The van der Waals surface area contributed by atoms with Crippen LogP contribution in [-0.4, -0.2) is 82.4 Å². The minimum Gasteiger partial charge on any atom is -0.301 e. The summed E-state index contributed by atoms with van der Waals surface area (Å²) in [6.07, 6.45) is 3.13. The van der Waals surface area contributed by atoms with Crippen molar-refractivity contribution < 1.29 is 8.42 Å². The predicted molar refractivity (Wildman–Crippen MR) is 83.0 cm³/mol. The standard InChI is InChI=1S/C13H30N4O2S/c1-4-16-10-12-17(13-11-16)9-7-5-6-8-14-20(18,19)15(2)3/h14H,4-13H2,1-3H3. The van der Waals surface area contributed by atoms with E-state index in [-0.39, 0.29) is 0 Å². The van der Waals surface area contributed by atoms with Gasteiger partial charge >= 0.3 is 0 Å². The highest BCUT2D eigenvalue weighted by Crippen LogP contribution is 2.04. The number of hydrogen-bond donors (Lipinski definition) is 1. The summed E-state index contributed by atoms with van der Waals surface area (Å²) in [5.74, 6) is 0. The summed E-state index contributed by atoms with van der Waals surface area (Å²) < 4.78 is 26.7. The third kappa shape index (κ3) is 6.49. The maximum Gasteiger partial charge on any atom is 0.278 e. The molecule has 1 fully saturated rings. The van der Waals surface area contributed by atoms with E-state index in [0.29, 0.717) is 6.54 Å². The number of rotatable bonds is 9. The van der Waals surface area contributed by atoms with Crippen LogP contribution in [0.3, 0.4) is 0 Å². The predicted octanol–water partition coefficient (Wildman–Crippen LogP) is 0.190. The lowest BCUT2D eigenvalue weighted by Gasteiger charge is -2.33. The highest BCUT2D eigenvalue weighted by atomic mass is 32.2. The van der Waals surface area contributed by atoms with E-state index in [4.69, 9.17) is 0 Å². The average molecular weight is 306 g/mol. The lowest BCUT2D eigenvalue weighted by atomic mass is 10.2. The molecule has 0 amide bonds. The summed E-state index contributed by atoms with van der Waals surface area (Å²) in [6, 6.07) is 0. The average Bonchev–Trinajstić information content (AvgIpc) is 2.43. The summed E-state index contributed by atoms with van der Waals surface area (Å²) in [4.78, 5) is 4.99. The minimum absolute atomic E-state index is 0.532. The zero-order valence-corrected chi connectivity index (χ0v) is 14.0. The van der Waals surface area contributed by atoms with Crippen LogP contribution in [0, 0.1) is 0 Å². The minimum atomic E-state index is -3.25. The Morgan fingerprint density at radius 2 is 1.60 bits per heavy atom. The Kier molecular flexibility index (Phi) is 7.98. The quantitative estimate of drug-likeness (QED) is 0.618. The summed E-state index contributed by atoms with van der Waals surface area (Å²) in [5.41, 5.74) is 0. The molecule has 0 radical (unpaired) electrons. The van der Waals surface area contributed by atoms with E-state index < -0.39 is 10.2 Å². The Hall–Kier alpha value is -0.210. The Labute approximate surface area is 124 Å². The number of hydrogen-bond acceptors (Lipinski definition) is 4. The van der Waals surface area contributed by atoms with Gasteiger partial charge in [-0.25, -0.2) is 4.72 Å². The fourth-order valence-corrected chi connectivity index (χ4v) is 2.96. The van der Waals surface area contributed by atoms with Gasteiger partial charge in [-0.1, -0.05) is 13.3 Å². The van der Waals surface area contributed by atoms with Crippen molar-refractivity contribution in [3.05, 3.63) is 0 Å². The molecule has 20 heavy (non-hydrogen) atoms. The molecule has 1 aliphatic rings. The van der Waals surface area contributed by atoms with E-state index in [1.165, 1.54) is 44.6 Å². The second-order valence-corrected chi connectivity index (χ2v) is 7.49. The molecule has 0 bridgehead atoms. The SMILES string of the molecule is CCN1CCN(CCCCCNS(=O)(=O)N(C)C)CC1. The molecule has 1 saturated heterocycles. The molecule has 0 aromatic rings. The first-order valence-electron chi connectivity index (χ1n) is 7.57. The summed E-state index contributed by atoms with van der Waals surface area (Å²) in [5, 5.41) is 0. The number of nitrogens with zero attached hydrogens (tertiary/aromatic N) is 3. The molecule has 0 aliphatic carbocycles. The van der Waals surface area contributed by atoms with E-state index in [2.05, 4.69) is 21.4 Å². The first-order valence-corrected chi connectivity index (χ1v) is 9.01. The van der Waals surface area contributed by atoms with Crippen LogP contribution in [-0.2, 0) is 10.2 Å². The highest BCUT2D eigenvalue weighted by molar-refractivity contribution is 7.87. The third-order valence-electron chi connectivity index (χ3n) is 3.83. The van der Waals surface area contributed by atoms with E-state index in [9.17, 15) is 8.42 Å². The number of nitrogens with one attached hydrogen (secondary N) is 1. The second kappa shape index (κ2) is 8.94. The molecule has 0 unspecified atom stereocenters. The van der Waals surface area contributed by atoms with Gasteiger partial charge < -0.3 is 9.80 Å². The molecule has 7 heteroatoms. The first-order chi connectivity index (χ1) is 9.45. The Morgan fingerprint density at radius 1 is 1.00 bits per heavy atom. The molecule has 6 nitrogen and oxygen atoms in total. The zero-order chi connectivity index (χ0) is 15.0. The molecule has 120 valence electrons. The molecule has 0 atom stereocenters. The number of unbranched alkanes of at least 4 members (excludes halogenated alkanes) is 2. The Balaban J connectivity index is 2.00. The van der Waals surface area contributed by atoms with Gasteiger partial charge in [-0.05, 0) is 25.9 Å². The summed E-state index contributed by atoms with van der Waals surface area (Å²) in [7, 11) is -0.168. The maximum absolute atomic E-state index is 11.5. The zero-order valence-electron chi connectivity index (χ0n) is 13.1. The molecular weight excluding hydrogens is 276 g/mol. The van der Waals surface area contributed by atoms with Crippen molar-refractivity contribution in [3.63, 3.8) is 0 Å². The number of likely N-dealkylation sites (N-methyl/N-ethyl adjacent to an activating group) is 1. The van der Waals surface area contributed by atoms with Crippen molar-refractivity contribution in [1.29, 1.82) is 0 Å². The Morgan fingerprint density at radius 3 is 2.15 bits per heavy atom. The van der Waals surface area contributed by atoms with Gasteiger partial charge in [0.2, 0.25) is 0 Å². The van der Waals surface area contributed by atoms with Gasteiger partial charge in [0, 0.05) is 46.8 Å². The van der Waals surface area contributed by atoms with E-state index in [1.54, 1.807) is 0 Å². The van der Waals surface area contributed by atoms with Gasteiger partial charge in [-0.2, -0.15) is 12.7 Å². The lowest BCUT2D eigenvalue weighted by Crippen LogP contribution is -2.46. The molecule has 0 saturated carbocycles. The lowest BCUT2D eigenvalue weighted by molar-refractivity contribution is 0.135. The van der Waals surface area contributed by atoms with Gasteiger partial charge in [0.25, 0.3) is 10.2 Å². The van der Waals surface area contributed by atoms with E-state index in [1.807, 2.05) is 0 Å². The van der Waals surface area contributed by atoms with Crippen LogP contribution in [0.2, 0.25) is 0 Å². The van der Waals surface area contributed by atoms with Crippen molar-refractivity contribution in [3.8, 4) is 0 Å². The van der Waals surface area contributed by atoms with Gasteiger partial charge in [0.1, 0.15) is 0 Å². The first kappa shape index (κ1) is 17.8. The molecule has 0 aromatic carbocycles. The van der Waals surface area contributed by atoms with Crippen LogP contribution in [0.1, 0.15) is 26.2 Å². The van der Waals surface area contributed by atoms with Gasteiger partial charge in [0.05, 0.1) is 0 Å². The Bertz CT molecular complexity index is 351. The van der Waals surface area contributed by atoms with E-state index in [0.717, 1.165) is 32.4 Å². The third-order valence-corrected chi connectivity index (χ3v) is 5.36. The van der Waals surface area contributed by atoms with Crippen molar-refractivity contribution in [2.24, 2.45) is 0 Å². The van der Waals surface area contributed by atoms with Crippen LogP contribution < -0.4 is 4.72 Å².